The Balaban J connectivity index is 2.10. The Morgan fingerprint density at radius 3 is 2.70 bits per heavy atom. The standard InChI is InChI=1S/C10H18/c1-4-5-6-8(2)10-7-9(10)3/h4,8-10H,1,5-7H2,2-3H3. The molecule has 58 valence electrons. The lowest BCUT2D eigenvalue weighted by atomic mass is 9.99. The molecule has 0 N–H and O–H groups in total. The first-order chi connectivity index (χ1) is 4.75. The predicted octanol–water partition coefficient (Wildman–Crippen LogP) is 3.24. The molecule has 0 bridgehead atoms. The van der Waals surface area contributed by atoms with E-state index in [4.69, 9.17) is 0 Å². The van der Waals surface area contributed by atoms with Crippen molar-refractivity contribution in [2.24, 2.45) is 17.8 Å². The van der Waals surface area contributed by atoms with Gasteiger partial charge in [-0.2, -0.15) is 0 Å². The van der Waals surface area contributed by atoms with Gasteiger partial charge in [0.25, 0.3) is 0 Å². The van der Waals surface area contributed by atoms with Crippen LogP contribution in [0.4, 0.5) is 0 Å². The van der Waals surface area contributed by atoms with Gasteiger partial charge in [-0.05, 0) is 37.0 Å². The van der Waals surface area contributed by atoms with Crippen LogP contribution >= 0.6 is 0 Å². The van der Waals surface area contributed by atoms with Crippen molar-refractivity contribution < 1.29 is 0 Å². The summed E-state index contributed by atoms with van der Waals surface area (Å²) in [6.45, 7) is 8.46. The fourth-order valence-corrected chi connectivity index (χ4v) is 1.74. The summed E-state index contributed by atoms with van der Waals surface area (Å²) in [7, 11) is 0. The van der Waals surface area contributed by atoms with Crippen LogP contribution in [0.25, 0.3) is 0 Å². The molecule has 0 nitrogen and oxygen atoms in total. The quantitative estimate of drug-likeness (QED) is 0.523. The van der Waals surface area contributed by atoms with Crippen molar-refractivity contribution in [3.8, 4) is 0 Å². The maximum Gasteiger partial charge on any atom is -0.0351 e. The summed E-state index contributed by atoms with van der Waals surface area (Å²) in [4.78, 5) is 0. The third kappa shape index (κ3) is 1.86. The van der Waals surface area contributed by atoms with Gasteiger partial charge in [0.2, 0.25) is 0 Å². The van der Waals surface area contributed by atoms with Crippen LogP contribution in [0.2, 0.25) is 0 Å². The minimum Gasteiger partial charge on any atom is -0.103 e. The van der Waals surface area contributed by atoms with E-state index < -0.39 is 0 Å². The second-order valence-electron chi connectivity index (χ2n) is 3.72. The monoisotopic (exact) mass is 138 g/mol. The third-order valence-electron chi connectivity index (χ3n) is 2.73. The summed E-state index contributed by atoms with van der Waals surface area (Å²) in [6, 6.07) is 0. The normalized spacial score (nSPS) is 33.4. The van der Waals surface area contributed by atoms with E-state index in [0.717, 1.165) is 17.8 Å². The zero-order chi connectivity index (χ0) is 7.56. The van der Waals surface area contributed by atoms with Crippen molar-refractivity contribution in [2.75, 3.05) is 0 Å². The minimum absolute atomic E-state index is 0.938. The maximum absolute atomic E-state index is 3.73. The van der Waals surface area contributed by atoms with Crippen LogP contribution in [0.15, 0.2) is 12.7 Å². The van der Waals surface area contributed by atoms with Crippen LogP contribution < -0.4 is 0 Å². The zero-order valence-corrected chi connectivity index (χ0v) is 7.14. The molecule has 0 amide bonds. The summed E-state index contributed by atoms with van der Waals surface area (Å²) < 4.78 is 0. The molecular weight excluding hydrogens is 120 g/mol. The van der Waals surface area contributed by atoms with E-state index in [1.54, 1.807) is 0 Å². The van der Waals surface area contributed by atoms with E-state index in [0.29, 0.717) is 0 Å². The van der Waals surface area contributed by atoms with Gasteiger partial charge in [-0.25, -0.2) is 0 Å². The van der Waals surface area contributed by atoms with Crippen LogP contribution in [0, 0.1) is 17.8 Å². The topological polar surface area (TPSA) is 0 Å². The average Bonchev–Trinajstić information content (AvgIpc) is 2.62. The molecule has 1 saturated carbocycles. The van der Waals surface area contributed by atoms with Gasteiger partial charge in [0, 0.05) is 0 Å². The van der Waals surface area contributed by atoms with E-state index in [9.17, 15) is 0 Å². The molecule has 0 aromatic carbocycles. The van der Waals surface area contributed by atoms with Gasteiger partial charge >= 0.3 is 0 Å². The Morgan fingerprint density at radius 1 is 1.70 bits per heavy atom. The molecule has 1 rings (SSSR count). The molecule has 1 fully saturated rings. The molecule has 0 aliphatic heterocycles. The van der Waals surface area contributed by atoms with Crippen molar-refractivity contribution in [3.63, 3.8) is 0 Å². The number of rotatable bonds is 4. The first kappa shape index (κ1) is 7.84. The summed E-state index contributed by atoms with van der Waals surface area (Å²) in [5.41, 5.74) is 0. The second-order valence-corrected chi connectivity index (χ2v) is 3.72. The summed E-state index contributed by atoms with van der Waals surface area (Å²) in [5.74, 6) is 2.99. The molecule has 3 atom stereocenters. The Bertz CT molecular complexity index is 115. The molecule has 0 spiro atoms. The Morgan fingerprint density at radius 2 is 2.30 bits per heavy atom. The lowest BCUT2D eigenvalue weighted by Crippen LogP contribution is -1.97. The Kier molecular flexibility index (Phi) is 2.53. The maximum atomic E-state index is 3.73. The summed E-state index contributed by atoms with van der Waals surface area (Å²) >= 11 is 0. The summed E-state index contributed by atoms with van der Waals surface area (Å²) in [5, 5.41) is 0. The SMILES string of the molecule is C=CCCC(C)C1CC1C. The minimum atomic E-state index is 0.938. The predicted molar refractivity (Wildman–Crippen MR) is 45.9 cm³/mol. The van der Waals surface area contributed by atoms with Gasteiger partial charge < -0.3 is 0 Å². The largest absolute Gasteiger partial charge is 0.103 e. The van der Waals surface area contributed by atoms with Crippen LogP contribution in [-0.2, 0) is 0 Å². The molecule has 0 saturated heterocycles. The fraction of sp³-hybridized carbons (Fsp3) is 0.800. The van der Waals surface area contributed by atoms with Crippen molar-refractivity contribution in [3.05, 3.63) is 12.7 Å². The lowest BCUT2D eigenvalue weighted by molar-refractivity contribution is 0.453. The van der Waals surface area contributed by atoms with Gasteiger partial charge in [0.15, 0.2) is 0 Å². The Labute approximate surface area is 64.3 Å². The first-order valence-corrected chi connectivity index (χ1v) is 4.36. The molecule has 0 aromatic heterocycles. The van der Waals surface area contributed by atoms with Gasteiger partial charge in [0.05, 0.1) is 0 Å². The fourth-order valence-electron chi connectivity index (χ4n) is 1.74. The van der Waals surface area contributed by atoms with Crippen molar-refractivity contribution in [1.82, 2.24) is 0 Å². The van der Waals surface area contributed by atoms with E-state index in [-0.39, 0.29) is 0 Å². The highest BCUT2D eigenvalue weighted by molar-refractivity contribution is 4.87. The van der Waals surface area contributed by atoms with Crippen molar-refractivity contribution in [2.45, 2.75) is 33.1 Å². The molecule has 0 aromatic rings. The van der Waals surface area contributed by atoms with E-state index in [1.165, 1.54) is 19.3 Å². The van der Waals surface area contributed by atoms with Crippen LogP contribution in [0.1, 0.15) is 33.1 Å². The van der Waals surface area contributed by atoms with Crippen molar-refractivity contribution in [1.29, 1.82) is 0 Å². The van der Waals surface area contributed by atoms with E-state index in [2.05, 4.69) is 20.4 Å². The zero-order valence-electron chi connectivity index (χ0n) is 7.14. The second kappa shape index (κ2) is 3.23. The van der Waals surface area contributed by atoms with Crippen molar-refractivity contribution >= 4 is 0 Å². The highest BCUT2D eigenvalue weighted by Crippen LogP contribution is 2.45. The van der Waals surface area contributed by atoms with Gasteiger partial charge in [-0.1, -0.05) is 19.9 Å². The van der Waals surface area contributed by atoms with E-state index in [1.807, 2.05) is 6.08 Å². The molecular formula is C10H18. The molecule has 1 aliphatic rings. The first-order valence-electron chi connectivity index (χ1n) is 4.36. The Hall–Kier alpha value is -0.260. The van der Waals surface area contributed by atoms with Crippen LogP contribution in [0.5, 0.6) is 0 Å². The lowest BCUT2D eigenvalue weighted by Gasteiger charge is -2.07. The van der Waals surface area contributed by atoms with Gasteiger partial charge in [-0.3, -0.25) is 0 Å². The number of hydrogen-bond donors (Lipinski definition) is 0. The van der Waals surface area contributed by atoms with E-state index >= 15 is 0 Å². The van der Waals surface area contributed by atoms with Crippen LogP contribution in [0.3, 0.4) is 0 Å². The van der Waals surface area contributed by atoms with Crippen LogP contribution in [-0.4, -0.2) is 0 Å². The molecule has 1 aliphatic carbocycles. The third-order valence-corrected chi connectivity index (χ3v) is 2.73. The molecule has 0 radical (unpaired) electrons. The summed E-state index contributed by atoms with van der Waals surface area (Å²) in [6.07, 6.45) is 6.05. The van der Waals surface area contributed by atoms with Gasteiger partial charge in [0.1, 0.15) is 0 Å². The highest BCUT2D eigenvalue weighted by Gasteiger charge is 2.36. The molecule has 0 heteroatoms. The average molecular weight is 138 g/mol. The van der Waals surface area contributed by atoms with Gasteiger partial charge in [-0.15, -0.1) is 6.58 Å². The number of allylic oxidation sites excluding steroid dienone is 1. The molecule has 3 unspecified atom stereocenters. The smallest absolute Gasteiger partial charge is 0.0351 e. The number of hydrogen-bond acceptors (Lipinski definition) is 0. The molecule has 0 heterocycles. The molecule has 10 heavy (non-hydrogen) atoms. The highest BCUT2D eigenvalue weighted by atomic mass is 14.4.